The van der Waals surface area contributed by atoms with Crippen LogP contribution in [-0.2, 0) is 17.7 Å². The number of methoxy groups -OCH3 is 2. The van der Waals surface area contributed by atoms with Crippen molar-refractivity contribution in [3.63, 3.8) is 0 Å². The van der Waals surface area contributed by atoms with Gasteiger partial charge >= 0.3 is 0 Å². The summed E-state index contributed by atoms with van der Waals surface area (Å²) in [5.41, 5.74) is 3.80. The molecule has 24 heavy (non-hydrogen) atoms. The standard InChI is InChI=1S/C20H25NO3/c1-21(13-15-7-5-4-6-8-15)14-20-17-12-19(23-3)18(22-2)11-16(17)9-10-24-20/h4-8,11-12,20H,9-10,13-14H2,1-3H3. The van der Waals surface area contributed by atoms with Gasteiger partial charge in [0.2, 0.25) is 0 Å². The van der Waals surface area contributed by atoms with Crippen molar-refractivity contribution in [2.24, 2.45) is 0 Å². The van der Waals surface area contributed by atoms with E-state index in [-0.39, 0.29) is 6.10 Å². The van der Waals surface area contributed by atoms with E-state index in [1.807, 2.05) is 6.07 Å². The second-order valence-corrected chi connectivity index (χ2v) is 6.20. The van der Waals surface area contributed by atoms with Gasteiger partial charge in [-0.25, -0.2) is 0 Å². The molecule has 0 aromatic heterocycles. The third-order valence-electron chi connectivity index (χ3n) is 4.46. The maximum absolute atomic E-state index is 6.05. The Kier molecular flexibility index (Phi) is 5.38. The van der Waals surface area contributed by atoms with Crippen LogP contribution in [0.2, 0.25) is 0 Å². The molecule has 2 aromatic carbocycles. The molecule has 1 aliphatic heterocycles. The summed E-state index contributed by atoms with van der Waals surface area (Å²) in [6, 6.07) is 14.7. The minimum absolute atomic E-state index is 0.0577. The third kappa shape index (κ3) is 3.71. The van der Waals surface area contributed by atoms with E-state index in [4.69, 9.17) is 14.2 Å². The monoisotopic (exact) mass is 327 g/mol. The number of fused-ring (bicyclic) bond motifs is 1. The van der Waals surface area contributed by atoms with Gasteiger partial charge in [0, 0.05) is 13.1 Å². The first-order chi connectivity index (χ1) is 11.7. The van der Waals surface area contributed by atoms with Gasteiger partial charge in [-0.15, -0.1) is 0 Å². The molecule has 0 N–H and O–H groups in total. The number of hydrogen-bond donors (Lipinski definition) is 0. The lowest BCUT2D eigenvalue weighted by Gasteiger charge is -2.30. The Morgan fingerprint density at radius 3 is 2.50 bits per heavy atom. The van der Waals surface area contributed by atoms with Crippen LogP contribution in [0.5, 0.6) is 11.5 Å². The highest BCUT2D eigenvalue weighted by Crippen LogP contribution is 2.37. The Hall–Kier alpha value is -2.04. The average molecular weight is 327 g/mol. The number of likely N-dealkylation sites (N-methyl/N-ethyl adjacent to an activating group) is 1. The first kappa shape index (κ1) is 16.8. The van der Waals surface area contributed by atoms with Gasteiger partial charge in [-0.05, 0) is 42.3 Å². The predicted octanol–water partition coefficient (Wildman–Crippen LogP) is 3.45. The van der Waals surface area contributed by atoms with Crippen LogP contribution in [-0.4, -0.2) is 39.3 Å². The molecule has 0 amide bonds. The Balaban J connectivity index is 1.76. The summed E-state index contributed by atoms with van der Waals surface area (Å²) in [4.78, 5) is 2.30. The smallest absolute Gasteiger partial charge is 0.161 e. The zero-order valence-electron chi connectivity index (χ0n) is 14.6. The van der Waals surface area contributed by atoms with Crippen molar-refractivity contribution in [3.8, 4) is 11.5 Å². The zero-order chi connectivity index (χ0) is 16.9. The second-order valence-electron chi connectivity index (χ2n) is 6.20. The summed E-state index contributed by atoms with van der Waals surface area (Å²) < 4.78 is 16.9. The van der Waals surface area contributed by atoms with Crippen LogP contribution in [0.1, 0.15) is 22.8 Å². The molecular weight excluding hydrogens is 302 g/mol. The predicted molar refractivity (Wildman–Crippen MR) is 94.7 cm³/mol. The van der Waals surface area contributed by atoms with Gasteiger partial charge in [-0.1, -0.05) is 30.3 Å². The molecule has 0 aliphatic carbocycles. The molecule has 0 radical (unpaired) electrons. The van der Waals surface area contributed by atoms with Crippen LogP contribution in [0.15, 0.2) is 42.5 Å². The van der Waals surface area contributed by atoms with Crippen molar-refractivity contribution in [1.82, 2.24) is 4.90 Å². The number of rotatable bonds is 6. The third-order valence-corrected chi connectivity index (χ3v) is 4.46. The minimum atomic E-state index is 0.0577. The van der Waals surface area contributed by atoms with Crippen LogP contribution in [0, 0.1) is 0 Å². The number of ether oxygens (including phenoxy) is 3. The van der Waals surface area contributed by atoms with Gasteiger partial charge in [0.25, 0.3) is 0 Å². The molecular formula is C20H25NO3. The molecule has 2 aromatic rings. The second kappa shape index (κ2) is 7.69. The van der Waals surface area contributed by atoms with Gasteiger partial charge in [-0.2, -0.15) is 0 Å². The van der Waals surface area contributed by atoms with E-state index in [1.165, 1.54) is 16.7 Å². The van der Waals surface area contributed by atoms with Crippen LogP contribution >= 0.6 is 0 Å². The Labute approximate surface area is 144 Å². The summed E-state index contributed by atoms with van der Waals surface area (Å²) in [5.74, 6) is 1.55. The van der Waals surface area contributed by atoms with Crippen molar-refractivity contribution in [3.05, 3.63) is 59.2 Å². The summed E-state index contributed by atoms with van der Waals surface area (Å²) in [6.07, 6.45) is 0.969. The van der Waals surface area contributed by atoms with E-state index in [9.17, 15) is 0 Å². The van der Waals surface area contributed by atoms with E-state index >= 15 is 0 Å². The van der Waals surface area contributed by atoms with Crippen molar-refractivity contribution in [2.45, 2.75) is 19.1 Å². The molecule has 0 saturated heterocycles. The van der Waals surface area contributed by atoms with E-state index in [1.54, 1.807) is 14.2 Å². The van der Waals surface area contributed by atoms with Crippen LogP contribution < -0.4 is 9.47 Å². The average Bonchev–Trinajstić information content (AvgIpc) is 2.61. The molecule has 0 fully saturated rings. The van der Waals surface area contributed by atoms with Crippen molar-refractivity contribution >= 4 is 0 Å². The van der Waals surface area contributed by atoms with Crippen LogP contribution in [0.3, 0.4) is 0 Å². The van der Waals surface area contributed by atoms with E-state index in [0.29, 0.717) is 0 Å². The fourth-order valence-electron chi connectivity index (χ4n) is 3.25. The number of hydrogen-bond acceptors (Lipinski definition) is 4. The summed E-state index contributed by atoms with van der Waals surface area (Å²) >= 11 is 0. The van der Waals surface area contributed by atoms with E-state index in [0.717, 1.165) is 37.6 Å². The SMILES string of the molecule is COc1cc2c(cc1OC)C(CN(C)Cc1ccccc1)OCC2. The van der Waals surface area contributed by atoms with Gasteiger partial charge in [0.15, 0.2) is 11.5 Å². The minimum Gasteiger partial charge on any atom is -0.493 e. The van der Waals surface area contributed by atoms with Gasteiger partial charge in [0.1, 0.15) is 0 Å². The molecule has 1 unspecified atom stereocenters. The molecule has 4 heteroatoms. The quantitative estimate of drug-likeness (QED) is 0.813. The van der Waals surface area contributed by atoms with Crippen LogP contribution in [0.4, 0.5) is 0 Å². The molecule has 4 nitrogen and oxygen atoms in total. The molecule has 1 heterocycles. The Bertz CT molecular complexity index is 672. The molecule has 0 saturated carbocycles. The zero-order valence-corrected chi connectivity index (χ0v) is 14.6. The highest BCUT2D eigenvalue weighted by molar-refractivity contribution is 5.49. The normalized spacial score (nSPS) is 16.8. The lowest BCUT2D eigenvalue weighted by atomic mass is 9.96. The highest BCUT2D eigenvalue weighted by atomic mass is 16.5. The summed E-state index contributed by atoms with van der Waals surface area (Å²) in [5, 5.41) is 0. The maximum atomic E-state index is 6.05. The molecule has 1 aliphatic rings. The first-order valence-corrected chi connectivity index (χ1v) is 8.30. The highest BCUT2D eigenvalue weighted by Gasteiger charge is 2.24. The summed E-state index contributed by atoms with van der Waals surface area (Å²) in [6.45, 7) is 2.49. The maximum Gasteiger partial charge on any atom is 0.161 e. The largest absolute Gasteiger partial charge is 0.493 e. The molecule has 1 atom stereocenters. The molecule has 0 spiro atoms. The lowest BCUT2D eigenvalue weighted by Crippen LogP contribution is -2.29. The van der Waals surface area contributed by atoms with E-state index < -0.39 is 0 Å². The Morgan fingerprint density at radius 2 is 1.79 bits per heavy atom. The van der Waals surface area contributed by atoms with Gasteiger partial charge in [-0.3, -0.25) is 4.90 Å². The number of nitrogens with zero attached hydrogens (tertiary/aromatic N) is 1. The van der Waals surface area contributed by atoms with Crippen molar-refractivity contribution in [1.29, 1.82) is 0 Å². The molecule has 0 bridgehead atoms. The van der Waals surface area contributed by atoms with Crippen LogP contribution in [0.25, 0.3) is 0 Å². The van der Waals surface area contributed by atoms with Crippen molar-refractivity contribution < 1.29 is 14.2 Å². The van der Waals surface area contributed by atoms with Gasteiger partial charge < -0.3 is 14.2 Å². The fraction of sp³-hybridized carbons (Fsp3) is 0.400. The molecule has 3 rings (SSSR count). The molecule has 128 valence electrons. The summed E-state index contributed by atoms with van der Waals surface area (Å²) in [7, 11) is 5.48. The Morgan fingerprint density at radius 1 is 1.08 bits per heavy atom. The number of benzene rings is 2. The lowest BCUT2D eigenvalue weighted by molar-refractivity contribution is 0.0194. The fourth-order valence-corrected chi connectivity index (χ4v) is 3.25. The van der Waals surface area contributed by atoms with Gasteiger partial charge in [0.05, 0.1) is 26.9 Å². The topological polar surface area (TPSA) is 30.9 Å². The van der Waals surface area contributed by atoms with Crippen molar-refractivity contribution in [2.75, 3.05) is 34.4 Å². The first-order valence-electron chi connectivity index (χ1n) is 8.30. The van der Waals surface area contributed by atoms with E-state index in [2.05, 4.69) is 48.3 Å².